The van der Waals surface area contributed by atoms with Crippen molar-refractivity contribution in [3.8, 4) is 0 Å². The number of alkyl halides is 3. The van der Waals surface area contributed by atoms with E-state index in [1.165, 1.54) is 17.4 Å². The van der Waals surface area contributed by atoms with Crippen molar-refractivity contribution < 1.29 is 27.9 Å². The highest BCUT2D eigenvalue weighted by atomic mass is 32.1. The van der Waals surface area contributed by atoms with Crippen molar-refractivity contribution in [2.45, 2.75) is 49.5 Å². The van der Waals surface area contributed by atoms with Gasteiger partial charge in [-0.3, -0.25) is 14.5 Å². The van der Waals surface area contributed by atoms with E-state index in [1.807, 2.05) is 5.38 Å². The SMILES string of the molecule is O=C(CNC(=O)c1cccc(C(F)(F)F)c1)NC1CN(C2CCC(O)(c3nccs3)CC2)C1. The first-order valence-corrected chi connectivity index (χ1v) is 11.6. The van der Waals surface area contributed by atoms with Crippen LogP contribution in [0.15, 0.2) is 35.8 Å². The Morgan fingerprint density at radius 1 is 1.24 bits per heavy atom. The summed E-state index contributed by atoms with van der Waals surface area (Å²) < 4.78 is 38.4. The van der Waals surface area contributed by atoms with Crippen LogP contribution in [0.25, 0.3) is 0 Å². The second-order valence-corrected chi connectivity index (χ2v) is 9.47. The van der Waals surface area contributed by atoms with Gasteiger partial charge in [0, 0.05) is 36.3 Å². The fourth-order valence-corrected chi connectivity index (χ4v) is 5.19. The van der Waals surface area contributed by atoms with Gasteiger partial charge in [0.15, 0.2) is 0 Å². The lowest BCUT2D eigenvalue weighted by Gasteiger charge is -2.47. The molecule has 2 aliphatic rings. The van der Waals surface area contributed by atoms with E-state index in [-0.39, 0.29) is 24.1 Å². The van der Waals surface area contributed by atoms with Gasteiger partial charge >= 0.3 is 6.18 Å². The normalized spacial score (nSPS) is 24.2. The Hall–Kier alpha value is -2.50. The van der Waals surface area contributed by atoms with Crippen molar-refractivity contribution in [1.82, 2.24) is 20.5 Å². The third-order valence-corrected chi connectivity index (χ3v) is 7.23. The van der Waals surface area contributed by atoms with Gasteiger partial charge in [-0.25, -0.2) is 4.98 Å². The summed E-state index contributed by atoms with van der Waals surface area (Å²) in [5.74, 6) is -1.12. The van der Waals surface area contributed by atoms with E-state index >= 15 is 0 Å². The molecule has 1 saturated heterocycles. The second kappa shape index (κ2) is 9.40. The molecule has 2 amide bonds. The zero-order valence-electron chi connectivity index (χ0n) is 17.8. The molecule has 33 heavy (non-hydrogen) atoms. The maximum absolute atomic E-state index is 12.8. The van der Waals surface area contributed by atoms with E-state index in [9.17, 15) is 27.9 Å². The highest BCUT2D eigenvalue weighted by Crippen LogP contribution is 2.40. The summed E-state index contributed by atoms with van der Waals surface area (Å²) in [6.45, 7) is 1.07. The molecule has 0 atom stereocenters. The number of carbonyl (C=O) groups is 2. The molecule has 178 valence electrons. The molecule has 1 aliphatic carbocycles. The number of likely N-dealkylation sites (tertiary alicyclic amines) is 1. The fourth-order valence-electron chi connectivity index (χ4n) is 4.39. The molecule has 2 fully saturated rings. The number of aromatic nitrogens is 1. The fraction of sp³-hybridized carbons (Fsp3) is 0.500. The average molecular weight is 483 g/mol. The summed E-state index contributed by atoms with van der Waals surface area (Å²) in [6, 6.07) is 4.38. The molecule has 0 radical (unpaired) electrons. The predicted molar refractivity (Wildman–Crippen MR) is 116 cm³/mol. The zero-order valence-corrected chi connectivity index (χ0v) is 18.6. The van der Waals surface area contributed by atoms with Crippen molar-refractivity contribution in [1.29, 1.82) is 0 Å². The number of halogens is 3. The summed E-state index contributed by atoms with van der Waals surface area (Å²) in [6.07, 6.45) is 0.171. The number of aliphatic hydroxyl groups is 1. The number of nitrogens with zero attached hydrogens (tertiary/aromatic N) is 2. The Morgan fingerprint density at radius 2 is 1.97 bits per heavy atom. The van der Waals surface area contributed by atoms with E-state index in [4.69, 9.17) is 0 Å². The molecule has 7 nitrogen and oxygen atoms in total. The smallest absolute Gasteiger partial charge is 0.383 e. The second-order valence-electron chi connectivity index (χ2n) is 8.58. The minimum atomic E-state index is -4.54. The molecule has 0 spiro atoms. The number of carbonyl (C=O) groups excluding carboxylic acids is 2. The van der Waals surface area contributed by atoms with Crippen LogP contribution in [0.4, 0.5) is 13.2 Å². The molecule has 11 heteroatoms. The van der Waals surface area contributed by atoms with Gasteiger partial charge in [0.25, 0.3) is 5.91 Å². The largest absolute Gasteiger partial charge is 0.416 e. The summed E-state index contributed by atoms with van der Waals surface area (Å²) in [5, 5.41) is 18.6. The van der Waals surface area contributed by atoms with Crippen molar-refractivity contribution >= 4 is 23.2 Å². The molecule has 1 aromatic heterocycles. The summed E-state index contributed by atoms with van der Waals surface area (Å²) in [7, 11) is 0. The molecule has 4 rings (SSSR count). The molecule has 0 unspecified atom stereocenters. The third kappa shape index (κ3) is 5.53. The minimum Gasteiger partial charge on any atom is -0.383 e. The Balaban J connectivity index is 1.17. The lowest BCUT2D eigenvalue weighted by molar-refractivity contribution is -0.137. The number of rotatable bonds is 6. The van der Waals surface area contributed by atoms with Gasteiger partial charge in [-0.15, -0.1) is 11.3 Å². The molecular formula is C22H25F3N4O3S. The minimum absolute atomic E-state index is 0.0391. The summed E-state index contributed by atoms with van der Waals surface area (Å²) in [4.78, 5) is 30.8. The number of benzene rings is 1. The summed E-state index contributed by atoms with van der Waals surface area (Å²) >= 11 is 1.47. The molecule has 2 heterocycles. The van der Waals surface area contributed by atoms with Crippen LogP contribution >= 0.6 is 11.3 Å². The lowest BCUT2D eigenvalue weighted by atomic mass is 9.81. The number of thiazole rings is 1. The molecule has 1 aliphatic heterocycles. The molecule has 1 aromatic carbocycles. The first kappa shape index (κ1) is 23.7. The maximum atomic E-state index is 12.8. The van der Waals surface area contributed by atoms with Gasteiger partial charge in [0.2, 0.25) is 5.91 Å². The van der Waals surface area contributed by atoms with Crippen LogP contribution in [-0.4, -0.2) is 58.5 Å². The third-order valence-electron chi connectivity index (χ3n) is 6.27. The Bertz CT molecular complexity index is 985. The van der Waals surface area contributed by atoms with Gasteiger partial charge in [-0.05, 0) is 43.9 Å². The van der Waals surface area contributed by atoms with Crippen LogP contribution in [0.5, 0.6) is 0 Å². The van der Waals surface area contributed by atoms with Crippen molar-refractivity contribution in [2.75, 3.05) is 19.6 Å². The van der Waals surface area contributed by atoms with Crippen LogP contribution in [0.1, 0.15) is 46.6 Å². The van der Waals surface area contributed by atoms with Crippen LogP contribution in [-0.2, 0) is 16.6 Å². The van der Waals surface area contributed by atoms with Crippen LogP contribution in [0.2, 0.25) is 0 Å². The van der Waals surface area contributed by atoms with Crippen LogP contribution in [0, 0.1) is 0 Å². The van der Waals surface area contributed by atoms with Gasteiger partial charge in [-0.1, -0.05) is 6.07 Å². The van der Waals surface area contributed by atoms with E-state index in [0.717, 1.165) is 36.0 Å². The van der Waals surface area contributed by atoms with Crippen LogP contribution < -0.4 is 10.6 Å². The molecule has 3 N–H and O–H groups in total. The van der Waals surface area contributed by atoms with Gasteiger partial charge < -0.3 is 15.7 Å². The lowest BCUT2D eigenvalue weighted by Crippen LogP contribution is -2.63. The highest BCUT2D eigenvalue weighted by molar-refractivity contribution is 7.09. The first-order valence-electron chi connectivity index (χ1n) is 10.8. The number of hydrogen-bond donors (Lipinski definition) is 3. The zero-order chi connectivity index (χ0) is 23.6. The Labute approximate surface area is 193 Å². The number of amides is 2. The van der Waals surface area contributed by atoms with Crippen molar-refractivity contribution in [3.63, 3.8) is 0 Å². The molecule has 2 aromatic rings. The Morgan fingerprint density at radius 3 is 2.61 bits per heavy atom. The predicted octanol–water partition coefficient (Wildman–Crippen LogP) is 2.52. The molecular weight excluding hydrogens is 457 g/mol. The number of hydrogen-bond acceptors (Lipinski definition) is 6. The van der Waals surface area contributed by atoms with Gasteiger partial charge in [0.1, 0.15) is 10.6 Å². The van der Waals surface area contributed by atoms with Gasteiger partial charge in [0.05, 0.1) is 18.2 Å². The monoisotopic (exact) mass is 482 g/mol. The first-order chi connectivity index (χ1) is 15.6. The van der Waals surface area contributed by atoms with Crippen molar-refractivity contribution in [2.24, 2.45) is 0 Å². The summed E-state index contributed by atoms with van der Waals surface area (Å²) in [5.41, 5.74) is -1.91. The van der Waals surface area contributed by atoms with Crippen molar-refractivity contribution in [3.05, 3.63) is 52.0 Å². The Kier molecular flexibility index (Phi) is 6.73. The van der Waals surface area contributed by atoms with Crippen LogP contribution in [0.3, 0.4) is 0 Å². The molecule has 0 bridgehead atoms. The van der Waals surface area contributed by atoms with E-state index in [1.54, 1.807) is 6.20 Å². The van der Waals surface area contributed by atoms with E-state index < -0.39 is 23.2 Å². The van der Waals surface area contributed by atoms with E-state index in [2.05, 4.69) is 20.5 Å². The molecule has 1 saturated carbocycles. The van der Waals surface area contributed by atoms with E-state index in [0.29, 0.717) is 32.0 Å². The average Bonchev–Trinajstić information content (AvgIpc) is 3.31. The highest BCUT2D eigenvalue weighted by Gasteiger charge is 2.41. The number of nitrogens with one attached hydrogen (secondary N) is 2. The standard InChI is InChI=1S/C22H25F3N4O3S/c23-22(24,25)15-3-1-2-14(10-15)19(31)27-11-18(30)28-16-12-29(13-16)17-4-6-21(32,7-5-17)20-26-8-9-33-20/h1-3,8-10,16-17,32H,4-7,11-13H2,(H,27,31)(H,28,30). The quantitative estimate of drug-likeness (QED) is 0.588. The topological polar surface area (TPSA) is 94.6 Å². The maximum Gasteiger partial charge on any atom is 0.416 e. The van der Waals surface area contributed by atoms with Gasteiger partial charge in [-0.2, -0.15) is 13.2 Å².